The molecular formula is C19H15ClN4O2. The lowest BCUT2D eigenvalue weighted by molar-refractivity contribution is -0.119. The number of fused-ring (bicyclic) bond motifs is 1. The Hall–Kier alpha value is -3.17. The highest BCUT2D eigenvalue weighted by molar-refractivity contribution is 6.31. The summed E-state index contributed by atoms with van der Waals surface area (Å²) in [4.78, 5) is 31.1. The number of rotatable bonds is 5. The smallest absolute Gasteiger partial charge is 0.261 e. The van der Waals surface area contributed by atoms with Gasteiger partial charge in [-0.2, -0.15) is 5.26 Å². The van der Waals surface area contributed by atoms with Gasteiger partial charge in [-0.1, -0.05) is 29.8 Å². The molecule has 130 valence electrons. The summed E-state index contributed by atoms with van der Waals surface area (Å²) in [6.45, 7) is 0.0789. The van der Waals surface area contributed by atoms with Crippen molar-refractivity contribution < 1.29 is 4.79 Å². The average molecular weight is 367 g/mol. The predicted octanol–water partition coefficient (Wildman–Crippen LogP) is 3.00. The third kappa shape index (κ3) is 3.73. The zero-order valence-electron chi connectivity index (χ0n) is 13.8. The van der Waals surface area contributed by atoms with Gasteiger partial charge in [-0.3, -0.25) is 14.2 Å². The number of nitrogens with zero attached hydrogens (tertiary/aromatic N) is 4. The van der Waals surface area contributed by atoms with Crippen LogP contribution in [0.15, 0.2) is 59.7 Å². The lowest BCUT2D eigenvalue weighted by Gasteiger charge is -2.22. The Morgan fingerprint density at radius 1 is 1.23 bits per heavy atom. The maximum absolute atomic E-state index is 12.8. The minimum atomic E-state index is -0.334. The van der Waals surface area contributed by atoms with Crippen LogP contribution in [0.2, 0.25) is 5.02 Å². The molecule has 0 saturated heterocycles. The number of hydrogen-bond donors (Lipinski definition) is 0. The van der Waals surface area contributed by atoms with Crippen molar-refractivity contribution in [2.75, 3.05) is 11.4 Å². The zero-order chi connectivity index (χ0) is 18.5. The van der Waals surface area contributed by atoms with Crippen LogP contribution in [0.4, 0.5) is 5.69 Å². The molecular weight excluding hydrogens is 352 g/mol. The molecule has 0 aliphatic carbocycles. The molecule has 0 fully saturated rings. The zero-order valence-corrected chi connectivity index (χ0v) is 14.6. The number of aromatic nitrogens is 2. The van der Waals surface area contributed by atoms with Gasteiger partial charge in [0.1, 0.15) is 6.54 Å². The fraction of sp³-hybridized carbons (Fsp3) is 0.158. The molecule has 26 heavy (non-hydrogen) atoms. The normalized spacial score (nSPS) is 10.5. The quantitative estimate of drug-likeness (QED) is 0.695. The minimum Gasteiger partial charge on any atom is -0.310 e. The first-order chi connectivity index (χ1) is 12.6. The molecule has 1 heterocycles. The number of nitriles is 1. The van der Waals surface area contributed by atoms with E-state index in [1.165, 1.54) is 21.9 Å². The van der Waals surface area contributed by atoms with Gasteiger partial charge in [0.25, 0.3) is 5.56 Å². The van der Waals surface area contributed by atoms with Crippen molar-refractivity contribution >= 4 is 34.1 Å². The van der Waals surface area contributed by atoms with E-state index in [4.69, 9.17) is 16.9 Å². The molecule has 0 N–H and O–H groups in total. The van der Waals surface area contributed by atoms with Gasteiger partial charge in [0.05, 0.1) is 29.7 Å². The van der Waals surface area contributed by atoms with Gasteiger partial charge in [-0.15, -0.1) is 0 Å². The van der Waals surface area contributed by atoms with Crippen LogP contribution in [-0.2, 0) is 11.3 Å². The monoisotopic (exact) mass is 366 g/mol. The molecule has 1 amide bonds. The molecule has 1 aromatic heterocycles. The van der Waals surface area contributed by atoms with E-state index < -0.39 is 0 Å². The lowest BCUT2D eigenvalue weighted by atomic mass is 10.2. The second-order valence-electron chi connectivity index (χ2n) is 5.63. The number of para-hydroxylation sites is 1. The Kier molecular flexibility index (Phi) is 5.30. The molecule has 7 heteroatoms. The van der Waals surface area contributed by atoms with Crippen molar-refractivity contribution in [3.63, 3.8) is 0 Å². The highest BCUT2D eigenvalue weighted by atomic mass is 35.5. The highest BCUT2D eigenvalue weighted by Gasteiger charge is 2.17. The maximum atomic E-state index is 12.8. The number of hydrogen-bond acceptors (Lipinski definition) is 4. The third-order valence-corrected chi connectivity index (χ3v) is 4.14. The molecule has 2 aromatic carbocycles. The van der Waals surface area contributed by atoms with Gasteiger partial charge < -0.3 is 4.90 Å². The first-order valence-electron chi connectivity index (χ1n) is 7.97. The molecule has 6 nitrogen and oxygen atoms in total. The van der Waals surface area contributed by atoms with Crippen molar-refractivity contribution in [1.82, 2.24) is 9.55 Å². The molecule has 0 saturated carbocycles. The highest BCUT2D eigenvalue weighted by Crippen LogP contribution is 2.16. The third-order valence-electron chi connectivity index (χ3n) is 3.91. The van der Waals surface area contributed by atoms with Crippen molar-refractivity contribution in [1.29, 1.82) is 5.26 Å². The van der Waals surface area contributed by atoms with Gasteiger partial charge in [0.15, 0.2) is 0 Å². The number of halogens is 1. The summed E-state index contributed by atoms with van der Waals surface area (Å²) < 4.78 is 1.25. The molecule has 0 spiro atoms. The molecule has 0 aliphatic heterocycles. The molecule has 3 rings (SSSR count). The lowest BCUT2D eigenvalue weighted by Crippen LogP contribution is -2.37. The Morgan fingerprint density at radius 3 is 2.73 bits per heavy atom. The SMILES string of the molecule is N#CCCN(C(=O)Cn1cnc2ccc(Cl)cc2c1=O)c1ccccc1. The van der Waals surface area contributed by atoms with Crippen LogP contribution in [0.3, 0.4) is 0 Å². The first kappa shape index (κ1) is 17.6. The van der Waals surface area contributed by atoms with E-state index in [9.17, 15) is 9.59 Å². The van der Waals surface area contributed by atoms with Crippen molar-refractivity contribution in [2.24, 2.45) is 0 Å². The maximum Gasteiger partial charge on any atom is 0.261 e. The van der Waals surface area contributed by atoms with Crippen LogP contribution in [0.25, 0.3) is 10.9 Å². The minimum absolute atomic E-state index is 0.172. The van der Waals surface area contributed by atoms with Crippen LogP contribution in [0, 0.1) is 11.3 Å². The van der Waals surface area contributed by atoms with Crippen LogP contribution in [-0.4, -0.2) is 22.0 Å². The van der Waals surface area contributed by atoms with Gasteiger partial charge >= 0.3 is 0 Å². The Bertz CT molecular complexity index is 1040. The molecule has 0 bridgehead atoms. The standard InChI is InChI=1S/C19H15ClN4O2/c20-14-7-8-17-16(11-14)19(26)23(13-22-17)12-18(25)24(10-4-9-21)15-5-2-1-3-6-15/h1-3,5-8,11,13H,4,10,12H2. The Morgan fingerprint density at radius 2 is 2.00 bits per heavy atom. The summed E-state index contributed by atoms with van der Waals surface area (Å²) in [6, 6.07) is 15.9. The van der Waals surface area contributed by atoms with E-state index in [0.29, 0.717) is 21.6 Å². The van der Waals surface area contributed by atoms with E-state index in [0.717, 1.165) is 0 Å². The topological polar surface area (TPSA) is 79.0 Å². The Balaban J connectivity index is 1.92. The van der Waals surface area contributed by atoms with Crippen molar-refractivity contribution in [3.8, 4) is 6.07 Å². The predicted molar refractivity (Wildman–Crippen MR) is 100 cm³/mol. The van der Waals surface area contributed by atoms with E-state index in [-0.39, 0.29) is 31.0 Å². The summed E-state index contributed by atoms with van der Waals surface area (Å²) in [5.74, 6) is -0.295. The number of carbonyl (C=O) groups is 1. The number of benzene rings is 2. The molecule has 0 aliphatic rings. The molecule has 0 unspecified atom stereocenters. The van der Waals surface area contributed by atoms with Crippen molar-refractivity contribution in [3.05, 3.63) is 70.2 Å². The van der Waals surface area contributed by atoms with E-state index in [1.807, 2.05) is 24.3 Å². The van der Waals surface area contributed by atoms with Crippen LogP contribution < -0.4 is 10.5 Å². The number of anilines is 1. The summed E-state index contributed by atoms with van der Waals surface area (Å²) in [5.41, 5.74) is 0.865. The van der Waals surface area contributed by atoms with Crippen LogP contribution in [0.1, 0.15) is 6.42 Å². The van der Waals surface area contributed by atoms with E-state index in [2.05, 4.69) is 4.98 Å². The fourth-order valence-electron chi connectivity index (χ4n) is 2.64. The first-order valence-corrected chi connectivity index (χ1v) is 8.35. The van der Waals surface area contributed by atoms with Gasteiger partial charge in [-0.25, -0.2) is 4.98 Å². The summed E-state index contributed by atoms with van der Waals surface area (Å²) >= 11 is 5.95. The molecule has 0 radical (unpaired) electrons. The summed E-state index contributed by atoms with van der Waals surface area (Å²) in [7, 11) is 0. The van der Waals surface area contributed by atoms with E-state index in [1.54, 1.807) is 24.3 Å². The van der Waals surface area contributed by atoms with E-state index >= 15 is 0 Å². The van der Waals surface area contributed by atoms with Gasteiger partial charge in [0.2, 0.25) is 5.91 Å². The number of amides is 1. The van der Waals surface area contributed by atoms with Crippen molar-refractivity contribution in [2.45, 2.75) is 13.0 Å². The average Bonchev–Trinajstić information content (AvgIpc) is 2.65. The Labute approximate surface area is 154 Å². The van der Waals surface area contributed by atoms with Gasteiger partial charge in [0, 0.05) is 17.3 Å². The molecule has 0 atom stereocenters. The summed E-state index contributed by atoms with van der Waals surface area (Å²) in [6.07, 6.45) is 1.55. The van der Waals surface area contributed by atoms with Crippen LogP contribution in [0.5, 0.6) is 0 Å². The molecule has 3 aromatic rings. The summed E-state index contributed by atoms with van der Waals surface area (Å²) in [5, 5.41) is 9.64. The van der Waals surface area contributed by atoms with Crippen LogP contribution >= 0.6 is 11.6 Å². The number of carbonyl (C=O) groups excluding carboxylic acids is 1. The fourth-order valence-corrected chi connectivity index (χ4v) is 2.81. The van der Waals surface area contributed by atoms with Gasteiger partial charge in [-0.05, 0) is 30.3 Å². The second-order valence-corrected chi connectivity index (χ2v) is 6.06. The second kappa shape index (κ2) is 7.81. The largest absolute Gasteiger partial charge is 0.310 e.